The number of nitrogens with zero attached hydrogens (tertiary/aromatic N) is 3. The number of pyridine rings is 1. The second-order valence-corrected chi connectivity index (χ2v) is 4.94. The second kappa shape index (κ2) is 5.53. The Hall–Kier alpha value is -2.41. The minimum Gasteiger partial charge on any atom is -0.438 e. The minimum atomic E-state index is -0.284. The highest BCUT2D eigenvalue weighted by Gasteiger charge is 2.28. The van der Waals surface area contributed by atoms with E-state index in [-0.39, 0.29) is 17.8 Å². The summed E-state index contributed by atoms with van der Waals surface area (Å²) in [6.45, 7) is 3.24. The number of amides is 1. The lowest BCUT2D eigenvalue weighted by Gasteiger charge is -2.32. The van der Waals surface area contributed by atoms with E-state index in [0.29, 0.717) is 25.4 Å². The molecule has 2 aromatic heterocycles. The number of carbonyl (C=O) groups is 1. The molecule has 110 valence electrons. The smallest absolute Gasteiger partial charge is 0.291 e. The van der Waals surface area contributed by atoms with Crippen molar-refractivity contribution in [2.75, 3.05) is 25.4 Å². The van der Waals surface area contributed by atoms with Gasteiger partial charge >= 0.3 is 0 Å². The van der Waals surface area contributed by atoms with Crippen molar-refractivity contribution in [1.29, 1.82) is 0 Å². The van der Waals surface area contributed by atoms with Gasteiger partial charge in [-0.15, -0.1) is 0 Å². The number of hydrogen-bond donors (Lipinski definition) is 1. The molecule has 3 rings (SSSR count). The quantitative estimate of drug-likeness (QED) is 0.891. The zero-order valence-corrected chi connectivity index (χ0v) is 11.7. The molecule has 1 aliphatic rings. The highest BCUT2D eigenvalue weighted by molar-refractivity contribution is 5.91. The minimum absolute atomic E-state index is 0.193. The van der Waals surface area contributed by atoms with E-state index < -0.39 is 0 Å². The number of rotatable bonds is 2. The Morgan fingerprint density at radius 1 is 1.48 bits per heavy atom. The first-order valence-electron chi connectivity index (χ1n) is 6.67. The average Bonchev–Trinajstić information content (AvgIpc) is 3.00. The van der Waals surface area contributed by atoms with Gasteiger partial charge in [0.15, 0.2) is 6.39 Å². The molecule has 1 saturated heterocycles. The predicted octanol–water partition coefficient (Wildman–Crippen LogP) is 1.17. The Labute approximate surface area is 121 Å². The molecule has 0 aliphatic carbocycles. The van der Waals surface area contributed by atoms with Gasteiger partial charge < -0.3 is 19.8 Å². The number of nitrogens with two attached hydrogens (primary N) is 1. The van der Waals surface area contributed by atoms with Crippen LogP contribution in [-0.4, -0.2) is 40.5 Å². The van der Waals surface area contributed by atoms with E-state index in [0.717, 1.165) is 11.4 Å². The summed E-state index contributed by atoms with van der Waals surface area (Å²) < 4.78 is 10.8. The molecule has 7 heteroatoms. The molecular formula is C14H16N4O3. The van der Waals surface area contributed by atoms with E-state index >= 15 is 0 Å². The van der Waals surface area contributed by atoms with Crippen LogP contribution in [0.15, 0.2) is 29.1 Å². The highest BCUT2D eigenvalue weighted by Crippen LogP contribution is 2.23. The van der Waals surface area contributed by atoms with Crippen LogP contribution in [0.4, 0.5) is 5.69 Å². The summed E-state index contributed by atoms with van der Waals surface area (Å²) >= 11 is 0. The van der Waals surface area contributed by atoms with E-state index in [1.807, 2.05) is 6.92 Å². The lowest BCUT2D eigenvalue weighted by Crippen LogP contribution is -2.42. The molecule has 7 nitrogen and oxygen atoms in total. The summed E-state index contributed by atoms with van der Waals surface area (Å²) in [7, 11) is 0. The van der Waals surface area contributed by atoms with E-state index in [1.165, 1.54) is 12.6 Å². The zero-order valence-electron chi connectivity index (χ0n) is 11.7. The fraction of sp³-hybridized carbons (Fsp3) is 0.357. The summed E-state index contributed by atoms with van der Waals surface area (Å²) in [5.74, 6) is 0.0359. The molecule has 0 aromatic carbocycles. The number of anilines is 1. The molecular weight excluding hydrogens is 272 g/mol. The highest BCUT2D eigenvalue weighted by atomic mass is 16.5. The molecule has 0 bridgehead atoms. The van der Waals surface area contributed by atoms with E-state index in [1.54, 1.807) is 17.0 Å². The lowest BCUT2D eigenvalue weighted by atomic mass is 10.1. The number of carbonyl (C=O) groups excluding carboxylic acids is 1. The molecule has 0 spiro atoms. The van der Waals surface area contributed by atoms with Gasteiger partial charge in [0.1, 0.15) is 6.10 Å². The third-order valence-electron chi connectivity index (χ3n) is 3.32. The van der Waals surface area contributed by atoms with Crippen LogP contribution >= 0.6 is 0 Å². The van der Waals surface area contributed by atoms with Gasteiger partial charge in [0.25, 0.3) is 5.91 Å². The number of hydrogen-bond acceptors (Lipinski definition) is 6. The van der Waals surface area contributed by atoms with Crippen molar-refractivity contribution in [3.05, 3.63) is 41.9 Å². The van der Waals surface area contributed by atoms with Gasteiger partial charge in [-0.3, -0.25) is 9.78 Å². The topological polar surface area (TPSA) is 94.5 Å². The number of oxazole rings is 1. The van der Waals surface area contributed by atoms with E-state index in [2.05, 4.69) is 9.97 Å². The predicted molar refractivity (Wildman–Crippen MR) is 74.5 cm³/mol. The Bertz CT molecular complexity index is 621. The Kier molecular flexibility index (Phi) is 3.57. The van der Waals surface area contributed by atoms with Crippen LogP contribution in [0, 0.1) is 6.92 Å². The van der Waals surface area contributed by atoms with Gasteiger partial charge in [0.05, 0.1) is 25.0 Å². The maximum absolute atomic E-state index is 12.3. The Morgan fingerprint density at radius 3 is 3.05 bits per heavy atom. The number of aromatic nitrogens is 2. The van der Waals surface area contributed by atoms with Crippen molar-refractivity contribution in [2.24, 2.45) is 0 Å². The van der Waals surface area contributed by atoms with Crippen molar-refractivity contribution in [1.82, 2.24) is 14.9 Å². The van der Waals surface area contributed by atoms with Crippen LogP contribution < -0.4 is 5.73 Å². The third-order valence-corrected chi connectivity index (χ3v) is 3.32. The average molecular weight is 288 g/mol. The molecule has 1 fully saturated rings. The SMILES string of the molecule is Cc1cc(N)cc([C@@H]2CN(C(=O)c3cnco3)CCO2)n1. The van der Waals surface area contributed by atoms with E-state index in [9.17, 15) is 4.79 Å². The largest absolute Gasteiger partial charge is 0.438 e. The molecule has 1 atom stereocenters. The molecule has 0 unspecified atom stereocenters. The van der Waals surface area contributed by atoms with Gasteiger partial charge in [-0.2, -0.15) is 0 Å². The van der Waals surface area contributed by atoms with Crippen LogP contribution in [0.25, 0.3) is 0 Å². The van der Waals surface area contributed by atoms with Crippen molar-refractivity contribution in [3.63, 3.8) is 0 Å². The van der Waals surface area contributed by atoms with Crippen molar-refractivity contribution in [2.45, 2.75) is 13.0 Å². The van der Waals surface area contributed by atoms with E-state index in [4.69, 9.17) is 14.9 Å². The van der Waals surface area contributed by atoms with Crippen molar-refractivity contribution < 1.29 is 13.9 Å². The van der Waals surface area contributed by atoms with Crippen LogP contribution in [0.1, 0.15) is 28.0 Å². The molecule has 0 saturated carbocycles. The van der Waals surface area contributed by atoms with Gasteiger partial charge in [-0.05, 0) is 19.1 Å². The Morgan fingerprint density at radius 2 is 2.33 bits per heavy atom. The molecule has 0 radical (unpaired) electrons. The molecule has 21 heavy (non-hydrogen) atoms. The van der Waals surface area contributed by atoms with Crippen LogP contribution in [0.5, 0.6) is 0 Å². The second-order valence-electron chi connectivity index (χ2n) is 4.94. The lowest BCUT2D eigenvalue weighted by molar-refractivity contribution is -0.0256. The summed E-state index contributed by atoms with van der Waals surface area (Å²) in [6, 6.07) is 3.57. The molecule has 2 N–H and O–H groups in total. The fourth-order valence-electron chi connectivity index (χ4n) is 2.38. The first-order chi connectivity index (χ1) is 10.1. The molecule has 3 heterocycles. The summed E-state index contributed by atoms with van der Waals surface area (Å²) in [5, 5.41) is 0. The van der Waals surface area contributed by atoms with Gasteiger partial charge in [0.2, 0.25) is 5.76 Å². The summed E-state index contributed by atoms with van der Waals surface area (Å²) in [4.78, 5) is 22.1. The van der Waals surface area contributed by atoms with Gasteiger partial charge in [-0.1, -0.05) is 0 Å². The normalized spacial score (nSPS) is 18.7. The fourth-order valence-corrected chi connectivity index (χ4v) is 2.38. The summed E-state index contributed by atoms with van der Waals surface area (Å²) in [5.41, 5.74) is 8.04. The maximum atomic E-state index is 12.3. The zero-order chi connectivity index (χ0) is 14.8. The van der Waals surface area contributed by atoms with Gasteiger partial charge in [-0.25, -0.2) is 4.98 Å². The third kappa shape index (κ3) is 2.87. The first-order valence-corrected chi connectivity index (χ1v) is 6.67. The van der Waals surface area contributed by atoms with Crippen LogP contribution in [-0.2, 0) is 4.74 Å². The number of nitrogen functional groups attached to an aromatic ring is 1. The van der Waals surface area contributed by atoms with Crippen LogP contribution in [0.3, 0.4) is 0 Å². The van der Waals surface area contributed by atoms with Gasteiger partial charge in [0, 0.05) is 17.9 Å². The maximum Gasteiger partial charge on any atom is 0.291 e. The monoisotopic (exact) mass is 288 g/mol. The van der Waals surface area contributed by atoms with Crippen LogP contribution in [0.2, 0.25) is 0 Å². The molecule has 2 aromatic rings. The standard InChI is InChI=1S/C14H16N4O3/c1-9-4-10(15)5-11(17-9)13-7-18(2-3-20-13)14(19)12-6-16-8-21-12/h4-6,8,13H,2-3,7H2,1H3,(H2,15,17)/t13-/m0/s1. The Balaban J connectivity index is 1.78. The molecule has 1 aliphatic heterocycles. The molecule has 1 amide bonds. The first kappa shape index (κ1) is 13.6. The number of ether oxygens (including phenoxy) is 1. The van der Waals surface area contributed by atoms with Crippen molar-refractivity contribution >= 4 is 11.6 Å². The summed E-state index contributed by atoms with van der Waals surface area (Å²) in [6.07, 6.45) is 2.37. The number of morpholine rings is 1. The van der Waals surface area contributed by atoms with Crippen molar-refractivity contribution in [3.8, 4) is 0 Å². The number of aryl methyl sites for hydroxylation is 1.